The summed E-state index contributed by atoms with van der Waals surface area (Å²) in [4.78, 5) is 43.7. The van der Waals surface area contributed by atoms with E-state index < -0.39 is 54.6 Å². The number of anilines is 1. The summed E-state index contributed by atoms with van der Waals surface area (Å²) in [5, 5.41) is 28.6. The number of phosphoric ester groups is 1. The van der Waals surface area contributed by atoms with Crippen LogP contribution in [0.1, 0.15) is 6.23 Å². The van der Waals surface area contributed by atoms with Crippen molar-refractivity contribution in [2.75, 3.05) is 12.3 Å². The summed E-state index contributed by atoms with van der Waals surface area (Å²) in [7, 11) is -15.3. The summed E-state index contributed by atoms with van der Waals surface area (Å²) in [6.07, 6.45) is -5.07. The molecule has 2 aromatic heterocycles. The second kappa shape index (κ2) is 8.90. The van der Waals surface area contributed by atoms with Crippen LogP contribution in [0, 0.1) is 5.41 Å². The number of fused-ring (bicyclic) bond motifs is 1. The summed E-state index contributed by atoms with van der Waals surface area (Å²) in [5.41, 5.74) is 5.75. The Morgan fingerprint density at radius 3 is 2.39 bits per heavy atom. The topological polar surface area (TPSA) is 295 Å². The molecule has 0 bridgehead atoms. The fraction of sp³-hybridized carbons (Fsp3) is 0.545. The SMILES string of the molecule is Cn1c(N)nc2c(ncn2C2OC(COP(=O)(O)OP(=O)(O)OP(=O)(O)O)C(O)C2O)c1=N. The van der Waals surface area contributed by atoms with Crippen molar-refractivity contribution >= 4 is 40.6 Å². The van der Waals surface area contributed by atoms with Crippen LogP contribution in [0.4, 0.5) is 5.95 Å². The number of aromatic nitrogens is 4. The summed E-state index contributed by atoms with van der Waals surface area (Å²) >= 11 is 0. The van der Waals surface area contributed by atoms with Crippen molar-refractivity contribution in [3.05, 3.63) is 11.8 Å². The molecule has 3 rings (SSSR count). The highest BCUT2D eigenvalue weighted by atomic mass is 31.3. The number of ether oxygens (including phenoxy) is 1. The predicted molar refractivity (Wildman–Crippen MR) is 103 cm³/mol. The molecule has 1 fully saturated rings. The molecule has 19 nitrogen and oxygen atoms in total. The highest BCUT2D eigenvalue weighted by molar-refractivity contribution is 7.66. The number of nitrogen functional groups attached to an aromatic ring is 1. The van der Waals surface area contributed by atoms with Gasteiger partial charge in [-0.05, 0) is 0 Å². The van der Waals surface area contributed by atoms with Crippen molar-refractivity contribution < 1.29 is 61.4 Å². The van der Waals surface area contributed by atoms with Crippen molar-refractivity contribution in [2.45, 2.75) is 24.5 Å². The molecular weight excluding hydrogens is 517 g/mol. The number of nitrogens with zero attached hydrogens (tertiary/aromatic N) is 4. The summed E-state index contributed by atoms with van der Waals surface area (Å²) < 4.78 is 53.2. The summed E-state index contributed by atoms with van der Waals surface area (Å²) in [6.45, 7) is -0.987. The maximum atomic E-state index is 11.8. The van der Waals surface area contributed by atoms with Crippen molar-refractivity contribution in [2.24, 2.45) is 7.05 Å². The van der Waals surface area contributed by atoms with E-state index in [1.54, 1.807) is 0 Å². The van der Waals surface area contributed by atoms with Gasteiger partial charge in [0.2, 0.25) is 5.95 Å². The first-order valence-electron chi connectivity index (χ1n) is 8.55. The zero-order valence-corrected chi connectivity index (χ0v) is 19.0. The van der Waals surface area contributed by atoms with Crippen LogP contribution in [-0.2, 0) is 38.6 Å². The third-order valence-corrected chi connectivity index (χ3v) is 8.12. The van der Waals surface area contributed by atoms with E-state index in [1.165, 1.54) is 11.6 Å². The van der Waals surface area contributed by atoms with Crippen LogP contribution in [-0.4, -0.2) is 73.8 Å². The van der Waals surface area contributed by atoms with Gasteiger partial charge in [-0.2, -0.15) is 13.6 Å². The summed E-state index contributed by atoms with van der Waals surface area (Å²) in [6, 6.07) is 0. The molecule has 0 amide bonds. The van der Waals surface area contributed by atoms with Gasteiger partial charge < -0.3 is 40.3 Å². The first kappa shape index (κ1) is 26.1. The normalized spacial score (nSPS) is 27.5. The lowest BCUT2D eigenvalue weighted by Crippen LogP contribution is -2.33. The van der Waals surface area contributed by atoms with E-state index in [0.717, 1.165) is 10.9 Å². The second-order valence-electron chi connectivity index (χ2n) is 6.63. The van der Waals surface area contributed by atoms with Crippen LogP contribution in [0.5, 0.6) is 0 Å². The van der Waals surface area contributed by atoms with Crippen LogP contribution in [0.25, 0.3) is 11.2 Å². The van der Waals surface area contributed by atoms with Crippen LogP contribution >= 0.6 is 23.5 Å². The third kappa shape index (κ3) is 5.75. The molecule has 1 aliphatic rings. The number of aliphatic hydroxyl groups excluding tert-OH is 2. The van der Waals surface area contributed by atoms with Crippen molar-refractivity contribution in [1.29, 1.82) is 5.41 Å². The third-order valence-electron chi connectivity index (χ3n) is 4.32. The Balaban J connectivity index is 1.75. The minimum atomic E-state index is -5.72. The molecule has 186 valence electrons. The zero-order chi connectivity index (χ0) is 24.9. The molecular formula is C11H19N6O13P3. The van der Waals surface area contributed by atoms with Gasteiger partial charge in [0.15, 0.2) is 22.9 Å². The van der Waals surface area contributed by atoms with E-state index in [2.05, 4.69) is 23.1 Å². The van der Waals surface area contributed by atoms with Gasteiger partial charge in [0.05, 0.1) is 12.9 Å². The number of hydrogen-bond donors (Lipinski definition) is 8. The number of nitrogens with one attached hydrogen (secondary N) is 1. The number of rotatable bonds is 8. The number of aliphatic hydroxyl groups is 2. The first-order chi connectivity index (χ1) is 15.0. The molecule has 0 spiro atoms. The zero-order valence-electron chi connectivity index (χ0n) is 16.3. The Hall–Kier alpha value is -1.56. The average Bonchev–Trinajstić information content (AvgIpc) is 3.17. The first-order valence-corrected chi connectivity index (χ1v) is 13.1. The highest BCUT2D eigenvalue weighted by Crippen LogP contribution is 2.66. The Kier molecular flexibility index (Phi) is 7.03. The van der Waals surface area contributed by atoms with E-state index >= 15 is 0 Å². The van der Waals surface area contributed by atoms with Crippen LogP contribution in [0.15, 0.2) is 6.33 Å². The molecule has 1 saturated heterocycles. The lowest BCUT2D eigenvalue weighted by Gasteiger charge is -2.19. The minimum Gasteiger partial charge on any atom is -0.387 e. The molecule has 33 heavy (non-hydrogen) atoms. The monoisotopic (exact) mass is 536 g/mol. The van der Waals surface area contributed by atoms with Gasteiger partial charge in [0.25, 0.3) is 0 Å². The van der Waals surface area contributed by atoms with Gasteiger partial charge in [-0.3, -0.25) is 19.1 Å². The van der Waals surface area contributed by atoms with Gasteiger partial charge in [-0.1, -0.05) is 0 Å². The lowest BCUT2D eigenvalue weighted by atomic mass is 10.1. The predicted octanol–water partition coefficient (Wildman–Crippen LogP) is -2.21. The largest absolute Gasteiger partial charge is 0.490 e. The lowest BCUT2D eigenvalue weighted by molar-refractivity contribution is -0.0503. The molecule has 3 heterocycles. The minimum absolute atomic E-state index is 0.0281. The van der Waals surface area contributed by atoms with E-state index in [9.17, 15) is 28.8 Å². The standard InChI is InChI=1S/C11H19N6O13P3/c1-16-8(12)5-9(15-11(16)13)17(3-14-5)10-7(19)6(18)4(28-10)2-27-32(23,24)30-33(25,26)29-31(20,21)22/h3-4,6-7,10,12,18-19H,2H2,1H3,(H2,13,15)(H,23,24)(H,25,26)(H2,20,21,22). The Morgan fingerprint density at radius 2 is 1.79 bits per heavy atom. The second-order valence-corrected chi connectivity index (χ2v) is 11.1. The quantitative estimate of drug-likeness (QED) is 0.166. The fourth-order valence-corrected chi connectivity index (χ4v) is 5.87. The number of imidazole rings is 1. The molecule has 0 aromatic carbocycles. The molecule has 22 heteroatoms. The van der Waals surface area contributed by atoms with Gasteiger partial charge in [0, 0.05) is 7.05 Å². The van der Waals surface area contributed by atoms with Crippen LogP contribution < -0.4 is 11.2 Å². The number of nitrogens with two attached hydrogens (primary N) is 1. The molecule has 6 unspecified atom stereocenters. The van der Waals surface area contributed by atoms with E-state index in [-0.39, 0.29) is 22.6 Å². The Bertz CT molecular complexity index is 1260. The smallest absolute Gasteiger partial charge is 0.387 e. The highest BCUT2D eigenvalue weighted by Gasteiger charge is 2.47. The van der Waals surface area contributed by atoms with Crippen LogP contribution in [0.3, 0.4) is 0 Å². The van der Waals surface area contributed by atoms with Gasteiger partial charge in [0.1, 0.15) is 18.3 Å². The number of hydrogen-bond acceptors (Lipinski definition) is 13. The molecule has 6 atom stereocenters. The molecule has 0 aliphatic carbocycles. The van der Waals surface area contributed by atoms with E-state index in [4.69, 9.17) is 30.6 Å². The van der Waals surface area contributed by atoms with Crippen molar-refractivity contribution in [3.63, 3.8) is 0 Å². The van der Waals surface area contributed by atoms with Crippen molar-refractivity contribution in [1.82, 2.24) is 19.1 Å². The molecule has 2 aromatic rings. The van der Waals surface area contributed by atoms with Gasteiger partial charge in [-0.15, -0.1) is 0 Å². The number of phosphoric acid groups is 3. The maximum absolute atomic E-state index is 11.8. The van der Waals surface area contributed by atoms with Crippen molar-refractivity contribution in [3.8, 4) is 0 Å². The van der Waals surface area contributed by atoms with E-state index in [0.29, 0.717) is 0 Å². The van der Waals surface area contributed by atoms with Crippen LogP contribution in [0.2, 0.25) is 0 Å². The molecule has 9 N–H and O–H groups in total. The maximum Gasteiger partial charge on any atom is 0.490 e. The van der Waals surface area contributed by atoms with E-state index in [1.807, 2.05) is 0 Å². The molecule has 0 saturated carbocycles. The fourth-order valence-electron chi connectivity index (χ4n) is 2.84. The van der Waals surface area contributed by atoms with Gasteiger partial charge in [-0.25, -0.2) is 18.7 Å². The Labute approximate surface area is 182 Å². The average molecular weight is 536 g/mol. The summed E-state index contributed by atoms with van der Waals surface area (Å²) in [5.74, 6) is -0.0634. The molecule has 0 radical (unpaired) electrons. The van der Waals surface area contributed by atoms with Gasteiger partial charge >= 0.3 is 23.5 Å². The Morgan fingerprint density at radius 1 is 1.15 bits per heavy atom. The molecule has 1 aliphatic heterocycles.